The van der Waals surface area contributed by atoms with Gasteiger partial charge in [-0.25, -0.2) is 0 Å². The number of hydrogen-bond acceptors (Lipinski definition) is 2. The molecule has 2 rings (SSSR count). The molecule has 1 fully saturated rings. The van der Waals surface area contributed by atoms with Crippen molar-refractivity contribution in [1.29, 1.82) is 0 Å². The third kappa shape index (κ3) is 4.63. The first kappa shape index (κ1) is 14.5. The molecule has 1 aliphatic rings. The average Bonchev–Trinajstić information content (AvgIpc) is 2.42. The first-order valence-corrected chi connectivity index (χ1v) is 7.46. The number of rotatable bonds is 5. The molecule has 1 aromatic rings. The van der Waals surface area contributed by atoms with Crippen molar-refractivity contribution in [1.82, 2.24) is 4.90 Å². The molecule has 0 saturated carbocycles. The van der Waals surface area contributed by atoms with E-state index in [4.69, 9.17) is 0 Å². The molecule has 0 bridgehead atoms. The van der Waals surface area contributed by atoms with Crippen molar-refractivity contribution in [3.63, 3.8) is 0 Å². The Morgan fingerprint density at radius 3 is 2.37 bits per heavy atom. The largest absolute Gasteiger partial charge is 0.396 e. The van der Waals surface area contributed by atoms with Crippen LogP contribution in [-0.4, -0.2) is 29.7 Å². The highest BCUT2D eigenvalue weighted by Gasteiger charge is 2.26. The van der Waals surface area contributed by atoms with Crippen LogP contribution in [0.2, 0.25) is 0 Å². The molecule has 2 heteroatoms. The number of hydrogen-bond donors (Lipinski definition) is 1. The molecule has 0 spiro atoms. The molecule has 0 radical (unpaired) electrons. The van der Waals surface area contributed by atoms with Crippen LogP contribution in [0.3, 0.4) is 0 Å². The summed E-state index contributed by atoms with van der Waals surface area (Å²) < 4.78 is 0. The maximum Gasteiger partial charge on any atom is 0.0482 e. The van der Waals surface area contributed by atoms with E-state index < -0.39 is 0 Å². The maximum atomic E-state index is 9.36. The van der Waals surface area contributed by atoms with Crippen molar-refractivity contribution in [2.24, 2.45) is 11.3 Å². The quantitative estimate of drug-likeness (QED) is 0.879. The van der Waals surface area contributed by atoms with Gasteiger partial charge >= 0.3 is 0 Å². The number of likely N-dealkylation sites (tertiary alicyclic amines) is 1. The molecule has 1 N–H and O–H groups in total. The summed E-state index contributed by atoms with van der Waals surface area (Å²) in [4.78, 5) is 2.55. The molecule has 0 amide bonds. The van der Waals surface area contributed by atoms with E-state index in [2.05, 4.69) is 49.1 Å². The molecule has 1 aliphatic heterocycles. The number of aliphatic hydroxyl groups excluding tert-OH is 1. The minimum absolute atomic E-state index is 0.0896. The molecule has 0 aliphatic carbocycles. The Hall–Kier alpha value is -0.860. The van der Waals surface area contributed by atoms with Crippen LogP contribution in [0, 0.1) is 11.3 Å². The zero-order valence-electron chi connectivity index (χ0n) is 12.3. The summed E-state index contributed by atoms with van der Waals surface area (Å²) in [6.45, 7) is 8.11. The third-order valence-corrected chi connectivity index (χ3v) is 4.23. The smallest absolute Gasteiger partial charge is 0.0482 e. The second-order valence-electron chi connectivity index (χ2n) is 6.73. The summed E-state index contributed by atoms with van der Waals surface area (Å²) in [6, 6.07) is 10.7. The summed E-state index contributed by atoms with van der Waals surface area (Å²) in [5, 5.41) is 9.36. The third-order valence-electron chi connectivity index (χ3n) is 4.23. The normalized spacial score (nSPS) is 18.7. The Kier molecular flexibility index (Phi) is 5.00. The standard InChI is InChI=1S/C17H27NO/c1-17(2,14-19)12-15-8-10-18(11-9-15)13-16-6-4-3-5-7-16/h3-7,15,19H,8-14H2,1-2H3. The number of piperidine rings is 1. The lowest BCUT2D eigenvalue weighted by molar-refractivity contribution is 0.0975. The Morgan fingerprint density at radius 2 is 1.79 bits per heavy atom. The van der Waals surface area contributed by atoms with Gasteiger partial charge in [-0.05, 0) is 49.2 Å². The van der Waals surface area contributed by atoms with Gasteiger partial charge in [0, 0.05) is 13.2 Å². The molecule has 1 heterocycles. The van der Waals surface area contributed by atoms with Crippen LogP contribution in [0.4, 0.5) is 0 Å². The van der Waals surface area contributed by atoms with Gasteiger partial charge in [0.2, 0.25) is 0 Å². The maximum absolute atomic E-state index is 9.36. The highest BCUT2D eigenvalue weighted by Crippen LogP contribution is 2.31. The molecule has 0 aromatic heterocycles. The fourth-order valence-electron chi connectivity index (χ4n) is 3.04. The lowest BCUT2D eigenvalue weighted by Gasteiger charge is -2.35. The summed E-state index contributed by atoms with van der Waals surface area (Å²) >= 11 is 0. The SMILES string of the molecule is CC(C)(CO)CC1CCN(Cc2ccccc2)CC1. The van der Waals surface area contributed by atoms with Crippen molar-refractivity contribution in [2.45, 2.75) is 39.7 Å². The fourth-order valence-corrected chi connectivity index (χ4v) is 3.04. The Labute approximate surface area is 117 Å². The first-order valence-electron chi connectivity index (χ1n) is 7.46. The van der Waals surface area contributed by atoms with Crippen LogP contribution in [0.1, 0.15) is 38.7 Å². The molecule has 1 aromatic carbocycles. The lowest BCUT2D eigenvalue weighted by atomic mass is 9.79. The van der Waals surface area contributed by atoms with E-state index in [0.717, 1.165) is 18.9 Å². The molecule has 0 unspecified atom stereocenters. The van der Waals surface area contributed by atoms with Crippen LogP contribution in [0.5, 0.6) is 0 Å². The van der Waals surface area contributed by atoms with Gasteiger partial charge in [0.05, 0.1) is 0 Å². The highest BCUT2D eigenvalue weighted by molar-refractivity contribution is 5.14. The van der Waals surface area contributed by atoms with E-state index in [1.54, 1.807) is 0 Å². The van der Waals surface area contributed by atoms with Crippen LogP contribution in [0.15, 0.2) is 30.3 Å². The van der Waals surface area contributed by atoms with E-state index >= 15 is 0 Å². The zero-order chi connectivity index (χ0) is 13.7. The molecule has 106 valence electrons. The van der Waals surface area contributed by atoms with Gasteiger partial charge in [-0.2, -0.15) is 0 Å². The van der Waals surface area contributed by atoms with Crippen LogP contribution < -0.4 is 0 Å². The number of aliphatic hydroxyl groups is 1. The minimum atomic E-state index is 0.0896. The van der Waals surface area contributed by atoms with Gasteiger partial charge in [0.1, 0.15) is 0 Å². The van der Waals surface area contributed by atoms with E-state index in [1.807, 2.05) is 0 Å². The number of benzene rings is 1. The lowest BCUT2D eigenvalue weighted by Crippen LogP contribution is -2.35. The molecule has 2 nitrogen and oxygen atoms in total. The van der Waals surface area contributed by atoms with Gasteiger partial charge < -0.3 is 5.11 Å². The van der Waals surface area contributed by atoms with E-state index in [0.29, 0.717) is 6.61 Å². The van der Waals surface area contributed by atoms with Crippen molar-refractivity contribution in [3.05, 3.63) is 35.9 Å². The van der Waals surface area contributed by atoms with Crippen molar-refractivity contribution >= 4 is 0 Å². The zero-order valence-corrected chi connectivity index (χ0v) is 12.3. The van der Waals surface area contributed by atoms with Gasteiger partial charge in [-0.15, -0.1) is 0 Å². The van der Waals surface area contributed by atoms with E-state index in [-0.39, 0.29) is 5.41 Å². The average molecular weight is 261 g/mol. The van der Waals surface area contributed by atoms with Gasteiger partial charge in [0.15, 0.2) is 0 Å². The second kappa shape index (κ2) is 6.53. The van der Waals surface area contributed by atoms with Crippen molar-refractivity contribution < 1.29 is 5.11 Å². The molecular weight excluding hydrogens is 234 g/mol. The highest BCUT2D eigenvalue weighted by atomic mass is 16.3. The summed E-state index contributed by atoms with van der Waals surface area (Å²) in [5.41, 5.74) is 1.50. The predicted octanol–water partition coefficient (Wildman–Crippen LogP) is 3.31. The Bertz CT molecular complexity index is 366. The van der Waals surface area contributed by atoms with Crippen LogP contribution in [0.25, 0.3) is 0 Å². The predicted molar refractivity (Wildman–Crippen MR) is 79.9 cm³/mol. The van der Waals surface area contributed by atoms with Crippen LogP contribution >= 0.6 is 0 Å². The van der Waals surface area contributed by atoms with Crippen molar-refractivity contribution in [2.75, 3.05) is 19.7 Å². The number of nitrogens with zero attached hydrogens (tertiary/aromatic N) is 1. The van der Waals surface area contributed by atoms with Crippen LogP contribution in [-0.2, 0) is 6.54 Å². The summed E-state index contributed by atoms with van der Waals surface area (Å²) in [5.74, 6) is 0.786. The second-order valence-corrected chi connectivity index (χ2v) is 6.73. The van der Waals surface area contributed by atoms with Gasteiger partial charge in [0.25, 0.3) is 0 Å². The molecular formula is C17H27NO. The van der Waals surface area contributed by atoms with Gasteiger partial charge in [-0.1, -0.05) is 44.2 Å². The molecule has 0 atom stereocenters. The van der Waals surface area contributed by atoms with Gasteiger partial charge in [-0.3, -0.25) is 4.90 Å². The first-order chi connectivity index (χ1) is 9.09. The topological polar surface area (TPSA) is 23.5 Å². The minimum Gasteiger partial charge on any atom is -0.396 e. The summed E-state index contributed by atoms with van der Waals surface area (Å²) in [6.07, 6.45) is 3.70. The van der Waals surface area contributed by atoms with E-state index in [9.17, 15) is 5.11 Å². The molecule has 1 saturated heterocycles. The van der Waals surface area contributed by atoms with Crippen molar-refractivity contribution in [3.8, 4) is 0 Å². The molecule has 19 heavy (non-hydrogen) atoms. The van der Waals surface area contributed by atoms with E-state index in [1.165, 1.54) is 31.5 Å². The Morgan fingerprint density at radius 1 is 1.16 bits per heavy atom. The summed E-state index contributed by atoms with van der Waals surface area (Å²) in [7, 11) is 0. The fraction of sp³-hybridized carbons (Fsp3) is 0.647. The Balaban J connectivity index is 1.77. The monoisotopic (exact) mass is 261 g/mol.